The molecule has 0 spiro atoms. The van der Waals surface area contributed by atoms with Gasteiger partial charge >= 0.3 is 0 Å². The van der Waals surface area contributed by atoms with Gasteiger partial charge in [0.05, 0.1) is 45.5 Å². The molecule has 4 aromatic rings. The van der Waals surface area contributed by atoms with Crippen LogP contribution in [0.3, 0.4) is 0 Å². The van der Waals surface area contributed by atoms with Crippen molar-refractivity contribution in [3.63, 3.8) is 0 Å². The quantitative estimate of drug-likeness (QED) is 0.320. The van der Waals surface area contributed by atoms with E-state index in [1.807, 2.05) is 30.5 Å². The van der Waals surface area contributed by atoms with E-state index in [0.29, 0.717) is 29.7 Å². The van der Waals surface area contributed by atoms with E-state index in [1.54, 1.807) is 45.2 Å². The highest BCUT2D eigenvalue weighted by atomic mass is 16.5. The molecule has 0 radical (unpaired) electrons. The van der Waals surface area contributed by atoms with Crippen molar-refractivity contribution in [2.75, 3.05) is 52.1 Å². The van der Waals surface area contributed by atoms with E-state index in [4.69, 9.17) is 30.4 Å². The summed E-state index contributed by atoms with van der Waals surface area (Å²) in [5.74, 6) is 1.85. The lowest BCUT2D eigenvalue weighted by atomic mass is 9.94. The lowest BCUT2D eigenvalue weighted by molar-refractivity contribution is 0.0845. The number of nitrogens with two attached hydrogens (primary N) is 2. The van der Waals surface area contributed by atoms with Crippen LogP contribution < -0.4 is 20.9 Å². The molecule has 0 saturated carbocycles. The minimum absolute atomic E-state index is 0.443. The van der Waals surface area contributed by atoms with Crippen LogP contribution in [0.15, 0.2) is 67.5 Å². The fourth-order valence-corrected chi connectivity index (χ4v) is 4.95. The molecule has 4 aromatic heterocycles. The Morgan fingerprint density at radius 2 is 1.33 bits per heavy atom. The molecule has 2 aliphatic rings. The first kappa shape index (κ1) is 29.0. The Bertz CT molecular complexity index is 1540. The largest absolute Gasteiger partial charge is 0.495 e. The maximum atomic E-state index is 6.21. The predicted molar refractivity (Wildman–Crippen MR) is 163 cm³/mol. The van der Waals surface area contributed by atoms with E-state index in [0.717, 1.165) is 78.4 Å². The number of pyridine rings is 4. The Morgan fingerprint density at radius 3 is 1.88 bits per heavy atom. The molecule has 218 valence electrons. The first-order valence-corrected chi connectivity index (χ1v) is 13.9. The van der Waals surface area contributed by atoms with E-state index in [1.165, 1.54) is 5.57 Å². The SMILES string of the molecule is COc1cncc(-c2cnc(C3=CCOCC3)cc2N)c1.COc1cncc(-c2cnc(C3CCOCC3)cc2N)c1. The molecule has 42 heavy (non-hydrogen) atoms. The van der Waals surface area contributed by atoms with Gasteiger partial charge in [-0.15, -0.1) is 0 Å². The Hall–Kier alpha value is -4.54. The van der Waals surface area contributed by atoms with Crippen molar-refractivity contribution >= 4 is 16.9 Å². The molecule has 0 amide bonds. The molecular formula is C32H36N6O4. The molecule has 4 N–H and O–H groups in total. The topological polar surface area (TPSA) is 141 Å². The van der Waals surface area contributed by atoms with Gasteiger partial charge in [0.15, 0.2) is 0 Å². The van der Waals surface area contributed by atoms with Gasteiger partial charge in [-0.25, -0.2) is 0 Å². The molecule has 1 fully saturated rings. The molecule has 0 unspecified atom stereocenters. The minimum atomic E-state index is 0.443. The van der Waals surface area contributed by atoms with E-state index >= 15 is 0 Å². The van der Waals surface area contributed by atoms with Gasteiger partial charge in [-0.2, -0.15) is 0 Å². The highest BCUT2D eigenvalue weighted by Crippen LogP contribution is 2.32. The van der Waals surface area contributed by atoms with Gasteiger partial charge < -0.3 is 30.4 Å². The number of nitrogens with zero attached hydrogens (tertiary/aromatic N) is 4. The van der Waals surface area contributed by atoms with Crippen molar-refractivity contribution in [1.29, 1.82) is 0 Å². The first-order valence-electron chi connectivity index (χ1n) is 13.9. The summed E-state index contributed by atoms with van der Waals surface area (Å²) in [5.41, 5.74) is 20.5. The van der Waals surface area contributed by atoms with Crippen LogP contribution in [0.2, 0.25) is 0 Å². The van der Waals surface area contributed by atoms with Crippen molar-refractivity contribution < 1.29 is 18.9 Å². The molecule has 10 nitrogen and oxygen atoms in total. The average Bonchev–Trinajstić information content (AvgIpc) is 3.06. The molecule has 2 aliphatic heterocycles. The molecular weight excluding hydrogens is 532 g/mol. The Balaban J connectivity index is 0.000000168. The molecule has 0 bridgehead atoms. The molecule has 0 aromatic carbocycles. The zero-order chi connectivity index (χ0) is 29.3. The number of hydrogen-bond acceptors (Lipinski definition) is 10. The summed E-state index contributed by atoms with van der Waals surface area (Å²) < 4.78 is 21.1. The van der Waals surface area contributed by atoms with Crippen LogP contribution >= 0.6 is 0 Å². The van der Waals surface area contributed by atoms with Crippen LogP contribution in [0, 0.1) is 0 Å². The third-order valence-corrected chi connectivity index (χ3v) is 7.34. The number of methoxy groups -OCH3 is 2. The van der Waals surface area contributed by atoms with Crippen molar-refractivity contribution in [2.45, 2.75) is 25.2 Å². The molecule has 6 heterocycles. The summed E-state index contributed by atoms with van der Waals surface area (Å²) in [6.07, 6.45) is 15.4. The molecule has 0 atom stereocenters. The molecule has 6 rings (SSSR count). The van der Waals surface area contributed by atoms with Crippen LogP contribution in [0.5, 0.6) is 11.5 Å². The van der Waals surface area contributed by atoms with Gasteiger partial charge in [-0.3, -0.25) is 19.9 Å². The number of nitrogen functional groups attached to an aromatic ring is 2. The standard InChI is InChI=1S/C16H19N3O2.C16H17N3O2/c2*1-20-13-6-12(8-18-9-13)14-10-19-16(7-15(14)17)11-2-4-21-5-3-11/h6-11H,2-5H2,1H3,(H2,17,19);2,6-10H,3-5H2,1H3,(H2,17,19). The summed E-state index contributed by atoms with van der Waals surface area (Å²) in [7, 11) is 3.24. The minimum Gasteiger partial charge on any atom is -0.495 e. The summed E-state index contributed by atoms with van der Waals surface area (Å²) in [5, 5.41) is 0. The smallest absolute Gasteiger partial charge is 0.137 e. The zero-order valence-corrected chi connectivity index (χ0v) is 24.0. The monoisotopic (exact) mass is 568 g/mol. The third kappa shape index (κ3) is 7.02. The highest BCUT2D eigenvalue weighted by molar-refractivity contribution is 5.79. The van der Waals surface area contributed by atoms with Crippen LogP contribution in [0.4, 0.5) is 11.4 Å². The fraction of sp³-hybridized carbons (Fsp3) is 0.312. The Labute approximate surface area is 245 Å². The van der Waals surface area contributed by atoms with Gasteiger partial charge in [-0.1, -0.05) is 6.08 Å². The second kappa shape index (κ2) is 13.9. The molecule has 1 saturated heterocycles. The fourth-order valence-electron chi connectivity index (χ4n) is 4.95. The summed E-state index contributed by atoms with van der Waals surface area (Å²) in [6.45, 7) is 2.97. The van der Waals surface area contributed by atoms with E-state index in [2.05, 4.69) is 26.0 Å². The van der Waals surface area contributed by atoms with E-state index in [9.17, 15) is 0 Å². The summed E-state index contributed by atoms with van der Waals surface area (Å²) >= 11 is 0. The van der Waals surface area contributed by atoms with Crippen LogP contribution in [-0.2, 0) is 9.47 Å². The van der Waals surface area contributed by atoms with Crippen molar-refractivity contribution in [3.05, 3.63) is 78.9 Å². The van der Waals surface area contributed by atoms with Crippen LogP contribution in [0.25, 0.3) is 27.8 Å². The van der Waals surface area contributed by atoms with Crippen molar-refractivity contribution in [3.8, 4) is 33.8 Å². The second-order valence-corrected chi connectivity index (χ2v) is 10.0. The second-order valence-electron chi connectivity index (χ2n) is 10.0. The van der Waals surface area contributed by atoms with E-state index < -0.39 is 0 Å². The van der Waals surface area contributed by atoms with Gasteiger partial charge in [0, 0.05) is 83.2 Å². The third-order valence-electron chi connectivity index (χ3n) is 7.34. The normalized spacial score (nSPS) is 15.2. The average molecular weight is 569 g/mol. The maximum absolute atomic E-state index is 6.21. The number of ether oxygens (including phenoxy) is 4. The predicted octanol–water partition coefficient (Wildman–Crippen LogP) is 5.17. The van der Waals surface area contributed by atoms with Crippen LogP contribution in [-0.4, -0.2) is 60.6 Å². The van der Waals surface area contributed by atoms with Gasteiger partial charge in [0.2, 0.25) is 0 Å². The summed E-state index contributed by atoms with van der Waals surface area (Å²) in [6, 6.07) is 7.69. The van der Waals surface area contributed by atoms with Crippen LogP contribution in [0.1, 0.15) is 36.6 Å². The number of aromatic nitrogens is 4. The van der Waals surface area contributed by atoms with Crippen molar-refractivity contribution in [1.82, 2.24) is 19.9 Å². The Kier molecular flexibility index (Phi) is 9.58. The van der Waals surface area contributed by atoms with E-state index in [-0.39, 0.29) is 0 Å². The molecule has 10 heteroatoms. The zero-order valence-electron chi connectivity index (χ0n) is 24.0. The lowest BCUT2D eigenvalue weighted by Crippen LogP contribution is -2.15. The lowest BCUT2D eigenvalue weighted by Gasteiger charge is -2.22. The van der Waals surface area contributed by atoms with Gasteiger partial charge in [0.25, 0.3) is 0 Å². The molecule has 0 aliphatic carbocycles. The van der Waals surface area contributed by atoms with Gasteiger partial charge in [0.1, 0.15) is 11.5 Å². The summed E-state index contributed by atoms with van der Waals surface area (Å²) in [4.78, 5) is 17.4. The number of hydrogen-bond donors (Lipinski definition) is 2. The first-order chi connectivity index (χ1) is 20.6. The highest BCUT2D eigenvalue weighted by Gasteiger charge is 2.18. The van der Waals surface area contributed by atoms with Gasteiger partial charge in [-0.05, 0) is 49.1 Å². The number of rotatable bonds is 6. The number of anilines is 2. The maximum Gasteiger partial charge on any atom is 0.137 e. The van der Waals surface area contributed by atoms with Crippen molar-refractivity contribution in [2.24, 2.45) is 0 Å². The Morgan fingerprint density at radius 1 is 0.714 bits per heavy atom.